The molecule has 0 saturated carbocycles. The predicted octanol–water partition coefficient (Wildman–Crippen LogP) is 3.03. The summed E-state index contributed by atoms with van der Waals surface area (Å²) < 4.78 is 5.46. The molecule has 2 atom stereocenters. The van der Waals surface area contributed by atoms with Crippen LogP contribution in [0.15, 0.2) is 29.9 Å². The number of ether oxygens (including phenoxy) is 1. The predicted molar refractivity (Wildman–Crippen MR) is 87.5 cm³/mol. The van der Waals surface area contributed by atoms with Gasteiger partial charge in [0.25, 0.3) is 0 Å². The minimum atomic E-state index is -0.404. The molecule has 1 fully saturated rings. The van der Waals surface area contributed by atoms with E-state index in [0.717, 1.165) is 36.5 Å². The van der Waals surface area contributed by atoms with E-state index in [1.54, 1.807) is 17.7 Å². The minimum Gasteiger partial charge on any atom is -0.478 e. The maximum atomic E-state index is 10.4. The van der Waals surface area contributed by atoms with Gasteiger partial charge in [-0.25, -0.2) is 9.97 Å². The van der Waals surface area contributed by atoms with Gasteiger partial charge in [0.2, 0.25) is 5.88 Å². The molecule has 0 bridgehead atoms. The van der Waals surface area contributed by atoms with Crippen molar-refractivity contribution in [2.24, 2.45) is 0 Å². The van der Waals surface area contributed by atoms with Crippen molar-refractivity contribution in [2.75, 3.05) is 18.1 Å². The van der Waals surface area contributed by atoms with Crippen LogP contribution in [0.1, 0.15) is 37.2 Å². The van der Waals surface area contributed by atoms with Crippen molar-refractivity contribution in [1.29, 1.82) is 0 Å². The molecular formula is C16H21N3O2S. The standard InChI is InChI=1S/C16H21N3O2S/c1-2-21-16-10-15(17-11-18-16)19-7-3-5-12(19)9-13(20)14-6-4-8-22-14/h4,6,8,10-13,20H,2-3,5,7,9H2,1H3/t12-,13-/m1/s1. The summed E-state index contributed by atoms with van der Waals surface area (Å²) in [5, 5.41) is 12.4. The molecule has 0 amide bonds. The van der Waals surface area contributed by atoms with E-state index in [-0.39, 0.29) is 0 Å². The first-order chi connectivity index (χ1) is 10.8. The zero-order valence-corrected chi connectivity index (χ0v) is 13.5. The second kappa shape index (κ2) is 7.07. The van der Waals surface area contributed by atoms with Crippen LogP contribution in [0.4, 0.5) is 5.82 Å². The Bertz CT molecular complexity index is 591. The molecule has 1 saturated heterocycles. The Kier molecular flexibility index (Phi) is 4.90. The summed E-state index contributed by atoms with van der Waals surface area (Å²) in [7, 11) is 0. The molecule has 22 heavy (non-hydrogen) atoms. The van der Waals surface area contributed by atoms with E-state index in [9.17, 15) is 5.11 Å². The average Bonchev–Trinajstić information content (AvgIpc) is 3.19. The fraction of sp³-hybridized carbons (Fsp3) is 0.500. The molecule has 2 aromatic heterocycles. The zero-order valence-electron chi connectivity index (χ0n) is 12.7. The molecular weight excluding hydrogens is 298 g/mol. The number of aromatic nitrogens is 2. The highest BCUT2D eigenvalue weighted by Gasteiger charge is 2.28. The SMILES string of the molecule is CCOc1cc(N2CCC[C@@H]2C[C@@H](O)c2cccs2)ncn1. The normalized spacial score (nSPS) is 19.4. The van der Waals surface area contributed by atoms with Crippen LogP contribution in [0.3, 0.4) is 0 Å². The Balaban J connectivity index is 1.71. The maximum absolute atomic E-state index is 10.4. The molecule has 1 aliphatic heterocycles. The molecule has 0 aromatic carbocycles. The molecule has 3 rings (SSSR count). The largest absolute Gasteiger partial charge is 0.478 e. The number of rotatable bonds is 6. The molecule has 0 unspecified atom stereocenters. The van der Waals surface area contributed by atoms with Gasteiger partial charge in [-0.3, -0.25) is 0 Å². The van der Waals surface area contributed by atoms with E-state index >= 15 is 0 Å². The van der Waals surface area contributed by atoms with E-state index in [0.29, 0.717) is 18.5 Å². The van der Waals surface area contributed by atoms with Crippen molar-refractivity contribution in [1.82, 2.24) is 9.97 Å². The van der Waals surface area contributed by atoms with Gasteiger partial charge in [0.15, 0.2) is 0 Å². The lowest BCUT2D eigenvalue weighted by Crippen LogP contribution is -2.31. The number of aliphatic hydroxyl groups is 1. The van der Waals surface area contributed by atoms with Gasteiger partial charge in [-0.05, 0) is 37.6 Å². The molecule has 5 nitrogen and oxygen atoms in total. The molecule has 3 heterocycles. The smallest absolute Gasteiger partial charge is 0.218 e. The number of aliphatic hydroxyl groups excluding tert-OH is 1. The van der Waals surface area contributed by atoms with Crippen molar-refractivity contribution in [2.45, 2.75) is 38.3 Å². The molecule has 0 aliphatic carbocycles. The van der Waals surface area contributed by atoms with Crippen LogP contribution in [0.2, 0.25) is 0 Å². The van der Waals surface area contributed by atoms with E-state index in [1.165, 1.54) is 0 Å². The van der Waals surface area contributed by atoms with Crippen LogP contribution in [0, 0.1) is 0 Å². The molecule has 118 valence electrons. The summed E-state index contributed by atoms with van der Waals surface area (Å²) in [5.41, 5.74) is 0. The third-order valence-corrected chi connectivity index (χ3v) is 4.93. The van der Waals surface area contributed by atoms with Gasteiger partial charge in [-0.15, -0.1) is 11.3 Å². The first-order valence-corrected chi connectivity index (χ1v) is 8.59. The van der Waals surface area contributed by atoms with Crippen LogP contribution in [-0.4, -0.2) is 34.3 Å². The summed E-state index contributed by atoms with van der Waals surface area (Å²) in [6.07, 6.45) is 4.07. The monoisotopic (exact) mass is 319 g/mol. The van der Waals surface area contributed by atoms with Gasteiger partial charge in [0.05, 0.1) is 12.7 Å². The Morgan fingerprint density at radius 2 is 2.41 bits per heavy atom. The third-order valence-electron chi connectivity index (χ3n) is 3.96. The Morgan fingerprint density at radius 1 is 1.50 bits per heavy atom. The van der Waals surface area contributed by atoms with Crippen LogP contribution in [0.25, 0.3) is 0 Å². The number of nitrogens with zero attached hydrogens (tertiary/aromatic N) is 3. The van der Waals surface area contributed by atoms with Gasteiger partial charge in [0, 0.05) is 23.5 Å². The first-order valence-electron chi connectivity index (χ1n) is 7.71. The van der Waals surface area contributed by atoms with Crippen molar-refractivity contribution in [3.63, 3.8) is 0 Å². The lowest BCUT2D eigenvalue weighted by Gasteiger charge is -2.27. The molecule has 0 spiro atoms. The molecule has 6 heteroatoms. The van der Waals surface area contributed by atoms with Crippen molar-refractivity contribution in [3.8, 4) is 5.88 Å². The fourth-order valence-electron chi connectivity index (χ4n) is 2.95. The third kappa shape index (κ3) is 3.39. The lowest BCUT2D eigenvalue weighted by molar-refractivity contribution is 0.161. The first kappa shape index (κ1) is 15.2. The highest BCUT2D eigenvalue weighted by Crippen LogP contribution is 2.32. The van der Waals surface area contributed by atoms with Gasteiger partial charge in [0.1, 0.15) is 12.1 Å². The summed E-state index contributed by atoms with van der Waals surface area (Å²) in [4.78, 5) is 11.8. The molecule has 1 N–H and O–H groups in total. The summed E-state index contributed by atoms with van der Waals surface area (Å²) in [5.74, 6) is 1.50. The fourth-order valence-corrected chi connectivity index (χ4v) is 3.68. The van der Waals surface area contributed by atoms with E-state index < -0.39 is 6.10 Å². The average molecular weight is 319 g/mol. The van der Waals surface area contributed by atoms with Crippen LogP contribution in [0.5, 0.6) is 5.88 Å². The summed E-state index contributed by atoms with van der Waals surface area (Å²) >= 11 is 1.61. The van der Waals surface area contributed by atoms with Crippen molar-refractivity contribution < 1.29 is 9.84 Å². The summed E-state index contributed by atoms with van der Waals surface area (Å²) in [6, 6.07) is 6.17. The Hall–Kier alpha value is -1.66. The maximum Gasteiger partial charge on any atom is 0.218 e. The second-order valence-electron chi connectivity index (χ2n) is 5.40. The highest BCUT2D eigenvalue weighted by atomic mass is 32.1. The Morgan fingerprint density at radius 3 is 3.18 bits per heavy atom. The zero-order chi connectivity index (χ0) is 15.4. The number of anilines is 1. The van der Waals surface area contributed by atoms with Gasteiger partial charge in [-0.1, -0.05) is 6.07 Å². The van der Waals surface area contributed by atoms with Crippen molar-refractivity contribution >= 4 is 17.2 Å². The number of hydrogen-bond donors (Lipinski definition) is 1. The second-order valence-corrected chi connectivity index (χ2v) is 6.38. The lowest BCUT2D eigenvalue weighted by atomic mass is 10.1. The molecule has 0 radical (unpaired) electrons. The van der Waals surface area contributed by atoms with E-state index in [1.807, 2.05) is 30.5 Å². The number of thiophene rings is 1. The van der Waals surface area contributed by atoms with Gasteiger partial charge in [-0.2, -0.15) is 0 Å². The summed E-state index contributed by atoms with van der Waals surface area (Å²) in [6.45, 7) is 3.50. The van der Waals surface area contributed by atoms with Gasteiger partial charge < -0.3 is 14.7 Å². The van der Waals surface area contributed by atoms with Crippen LogP contribution >= 0.6 is 11.3 Å². The van der Waals surface area contributed by atoms with E-state index in [2.05, 4.69) is 14.9 Å². The highest BCUT2D eigenvalue weighted by molar-refractivity contribution is 7.10. The minimum absolute atomic E-state index is 0.307. The van der Waals surface area contributed by atoms with Crippen LogP contribution in [-0.2, 0) is 0 Å². The quantitative estimate of drug-likeness (QED) is 0.887. The van der Waals surface area contributed by atoms with Crippen LogP contribution < -0.4 is 9.64 Å². The Labute approximate surface area is 134 Å². The number of hydrogen-bond acceptors (Lipinski definition) is 6. The van der Waals surface area contributed by atoms with E-state index in [4.69, 9.17) is 4.74 Å². The van der Waals surface area contributed by atoms with Gasteiger partial charge >= 0.3 is 0 Å². The molecule has 1 aliphatic rings. The van der Waals surface area contributed by atoms with Crippen molar-refractivity contribution in [3.05, 3.63) is 34.8 Å². The topological polar surface area (TPSA) is 58.5 Å². The molecule has 2 aromatic rings.